The fraction of sp³-hybridized carbons (Fsp3) is 1.00. The van der Waals surface area contributed by atoms with Crippen molar-refractivity contribution >= 4 is 0 Å². The summed E-state index contributed by atoms with van der Waals surface area (Å²) in [5.41, 5.74) is 0. The zero-order chi connectivity index (χ0) is 9.71. The van der Waals surface area contributed by atoms with Gasteiger partial charge in [-0.3, -0.25) is 0 Å². The van der Waals surface area contributed by atoms with Crippen molar-refractivity contribution in [1.29, 1.82) is 0 Å². The Morgan fingerprint density at radius 1 is 0.929 bits per heavy atom. The second-order valence-electron chi connectivity index (χ2n) is 6.09. The first-order chi connectivity index (χ1) is 6.78. The lowest BCUT2D eigenvalue weighted by Gasteiger charge is -2.56. The molecule has 4 aliphatic rings. The van der Waals surface area contributed by atoms with Crippen LogP contribution in [0, 0.1) is 29.6 Å². The van der Waals surface area contributed by atoms with Gasteiger partial charge in [0.1, 0.15) is 0 Å². The summed E-state index contributed by atoms with van der Waals surface area (Å²) in [6.07, 6.45) is 7.81. The zero-order valence-electron chi connectivity index (χ0n) is 9.50. The van der Waals surface area contributed by atoms with E-state index in [1.807, 2.05) is 0 Å². The minimum atomic E-state index is 0.755. The first-order valence-electron chi connectivity index (χ1n) is 6.45. The van der Waals surface area contributed by atoms with Crippen molar-refractivity contribution in [3.05, 3.63) is 0 Å². The molecule has 0 spiro atoms. The molecule has 0 aromatic rings. The van der Waals surface area contributed by atoms with E-state index < -0.39 is 0 Å². The van der Waals surface area contributed by atoms with Crippen molar-refractivity contribution in [2.75, 3.05) is 7.05 Å². The van der Waals surface area contributed by atoms with E-state index in [-0.39, 0.29) is 0 Å². The molecule has 4 saturated carbocycles. The van der Waals surface area contributed by atoms with Crippen molar-refractivity contribution in [3.63, 3.8) is 0 Å². The Bertz CT molecular complexity index is 195. The third kappa shape index (κ3) is 1.25. The Hall–Kier alpha value is -0.0400. The van der Waals surface area contributed by atoms with Gasteiger partial charge < -0.3 is 5.32 Å². The molecule has 0 heterocycles. The van der Waals surface area contributed by atoms with E-state index in [1.54, 1.807) is 32.1 Å². The molecule has 0 amide bonds. The second kappa shape index (κ2) is 3.23. The number of rotatable bonds is 2. The van der Waals surface area contributed by atoms with E-state index in [0.29, 0.717) is 0 Å². The maximum absolute atomic E-state index is 3.49. The average molecular weight is 193 g/mol. The van der Waals surface area contributed by atoms with Crippen LogP contribution in [0.15, 0.2) is 0 Å². The van der Waals surface area contributed by atoms with E-state index in [2.05, 4.69) is 19.3 Å². The van der Waals surface area contributed by atoms with Gasteiger partial charge >= 0.3 is 0 Å². The molecule has 1 heteroatoms. The first kappa shape index (κ1) is 9.21. The fourth-order valence-corrected chi connectivity index (χ4v) is 4.98. The summed E-state index contributed by atoms with van der Waals surface area (Å²) >= 11 is 0. The lowest BCUT2D eigenvalue weighted by molar-refractivity contribution is -0.0482. The minimum Gasteiger partial charge on any atom is -0.317 e. The summed E-state index contributed by atoms with van der Waals surface area (Å²) in [6.45, 7) is 2.40. The van der Waals surface area contributed by atoms with E-state index in [1.165, 1.54) is 0 Å². The van der Waals surface area contributed by atoms with Crippen LogP contribution < -0.4 is 5.32 Å². The van der Waals surface area contributed by atoms with Gasteiger partial charge in [0, 0.05) is 6.04 Å². The molecular weight excluding hydrogens is 170 g/mol. The predicted octanol–water partition coefficient (Wildman–Crippen LogP) is 2.67. The van der Waals surface area contributed by atoms with E-state index in [9.17, 15) is 0 Å². The monoisotopic (exact) mass is 193 g/mol. The van der Waals surface area contributed by atoms with Gasteiger partial charge in [0.25, 0.3) is 0 Å². The van der Waals surface area contributed by atoms with Gasteiger partial charge in [-0.05, 0) is 75.7 Å². The van der Waals surface area contributed by atoms with Crippen molar-refractivity contribution in [1.82, 2.24) is 5.32 Å². The number of hydrogen-bond acceptors (Lipinski definition) is 1. The summed E-state index contributed by atoms with van der Waals surface area (Å²) < 4.78 is 0. The first-order valence-corrected chi connectivity index (χ1v) is 6.45. The molecule has 1 N–H and O–H groups in total. The largest absolute Gasteiger partial charge is 0.317 e. The summed E-state index contributed by atoms with van der Waals surface area (Å²) in [6, 6.07) is 0.755. The van der Waals surface area contributed by atoms with Gasteiger partial charge in [-0.2, -0.15) is 0 Å². The van der Waals surface area contributed by atoms with Gasteiger partial charge in [0.2, 0.25) is 0 Å². The van der Waals surface area contributed by atoms with Crippen LogP contribution in [0.3, 0.4) is 0 Å². The molecule has 14 heavy (non-hydrogen) atoms. The average Bonchev–Trinajstić information content (AvgIpc) is 2.15. The van der Waals surface area contributed by atoms with Gasteiger partial charge in [-0.25, -0.2) is 0 Å². The van der Waals surface area contributed by atoms with Crippen LogP contribution in [0.4, 0.5) is 0 Å². The normalized spacial score (nSPS) is 52.3. The molecule has 0 aromatic carbocycles. The number of nitrogens with one attached hydrogen (secondary N) is 1. The van der Waals surface area contributed by atoms with Crippen LogP contribution in [-0.2, 0) is 0 Å². The van der Waals surface area contributed by atoms with Crippen molar-refractivity contribution in [2.24, 2.45) is 29.6 Å². The highest BCUT2D eigenvalue weighted by molar-refractivity contribution is 5.00. The quantitative estimate of drug-likeness (QED) is 0.711. The lowest BCUT2D eigenvalue weighted by atomic mass is 9.50. The molecule has 4 fully saturated rings. The lowest BCUT2D eigenvalue weighted by Crippen LogP contribution is -2.51. The number of hydrogen-bond donors (Lipinski definition) is 1. The third-order valence-electron chi connectivity index (χ3n) is 5.33. The second-order valence-corrected chi connectivity index (χ2v) is 6.09. The molecule has 4 rings (SSSR count). The molecule has 0 aromatic heterocycles. The van der Waals surface area contributed by atoms with Crippen LogP contribution in [0.25, 0.3) is 0 Å². The molecule has 1 nitrogen and oxygen atoms in total. The van der Waals surface area contributed by atoms with Gasteiger partial charge in [-0.15, -0.1) is 0 Å². The van der Waals surface area contributed by atoms with Crippen LogP contribution in [0.1, 0.15) is 39.0 Å². The fourth-order valence-electron chi connectivity index (χ4n) is 4.98. The Kier molecular flexibility index (Phi) is 2.12. The molecule has 0 aliphatic heterocycles. The Balaban J connectivity index is 1.81. The maximum Gasteiger partial charge on any atom is 0.00692 e. The van der Waals surface area contributed by atoms with Crippen molar-refractivity contribution in [2.45, 2.75) is 45.1 Å². The van der Waals surface area contributed by atoms with Crippen LogP contribution >= 0.6 is 0 Å². The summed E-state index contributed by atoms with van der Waals surface area (Å²) in [4.78, 5) is 0. The summed E-state index contributed by atoms with van der Waals surface area (Å²) in [5.74, 6) is 5.41. The highest BCUT2D eigenvalue weighted by Crippen LogP contribution is 2.57. The van der Waals surface area contributed by atoms with Gasteiger partial charge in [0.15, 0.2) is 0 Å². The molecule has 0 saturated heterocycles. The van der Waals surface area contributed by atoms with Gasteiger partial charge in [-0.1, -0.05) is 0 Å². The molecule has 0 radical (unpaired) electrons. The molecule has 1 atom stereocenters. The highest BCUT2D eigenvalue weighted by atomic mass is 14.9. The third-order valence-corrected chi connectivity index (χ3v) is 5.33. The van der Waals surface area contributed by atoms with E-state index in [4.69, 9.17) is 0 Å². The van der Waals surface area contributed by atoms with Crippen LogP contribution in [-0.4, -0.2) is 13.1 Å². The SMILES string of the molecule is CNC(C)C1C2CC3CC(C2)CC1C3. The van der Waals surface area contributed by atoms with Crippen molar-refractivity contribution < 1.29 is 0 Å². The van der Waals surface area contributed by atoms with Crippen LogP contribution in [0.5, 0.6) is 0 Å². The van der Waals surface area contributed by atoms with E-state index in [0.717, 1.165) is 35.6 Å². The Morgan fingerprint density at radius 2 is 1.43 bits per heavy atom. The zero-order valence-corrected chi connectivity index (χ0v) is 9.50. The predicted molar refractivity (Wildman–Crippen MR) is 59.1 cm³/mol. The van der Waals surface area contributed by atoms with Crippen LogP contribution in [0.2, 0.25) is 0 Å². The minimum absolute atomic E-state index is 0.755. The van der Waals surface area contributed by atoms with Gasteiger partial charge in [0.05, 0.1) is 0 Å². The van der Waals surface area contributed by atoms with Crippen molar-refractivity contribution in [3.8, 4) is 0 Å². The summed E-state index contributed by atoms with van der Waals surface area (Å²) in [7, 11) is 2.13. The molecule has 1 unspecified atom stereocenters. The molecule has 4 bridgehead atoms. The standard InChI is InChI=1S/C13H23N/c1-8(14-2)13-11-4-9-3-10(6-11)7-12(13)5-9/h8-14H,3-7H2,1-2H3. The maximum atomic E-state index is 3.49. The van der Waals surface area contributed by atoms with E-state index >= 15 is 0 Å². The Morgan fingerprint density at radius 3 is 1.86 bits per heavy atom. The Labute approximate surface area is 87.7 Å². The molecular formula is C13H23N. The summed E-state index contributed by atoms with van der Waals surface area (Å²) in [5, 5.41) is 3.49. The molecule has 80 valence electrons. The smallest absolute Gasteiger partial charge is 0.00692 e. The topological polar surface area (TPSA) is 12.0 Å². The highest BCUT2D eigenvalue weighted by Gasteiger charge is 2.49. The molecule has 4 aliphatic carbocycles.